The number of nitrogens with two attached hydrogens (primary N) is 1. The highest BCUT2D eigenvalue weighted by atomic mass is 32.1. The lowest BCUT2D eigenvalue weighted by atomic mass is 10.2. The van der Waals surface area contributed by atoms with E-state index in [1.165, 1.54) is 23.7 Å². The molecule has 0 saturated carbocycles. The summed E-state index contributed by atoms with van der Waals surface area (Å²) < 4.78 is 1.56. The molecule has 0 atom stereocenters. The zero-order valence-corrected chi connectivity index (χ0v) is 16.6. The van der Waals surface area contributed by atoms with Crippen molar-refractivity contribution in [3.8, 4) is 10.6 Å². The van der Waals surface area contributed by atoms with Gasteiger partial charge in [0.05, 0.1) is 23.6 Å². The van der Waals surface area contributed by atoms with Gasteiger partial charge in [0.15, 0.2) is 5.01 Å². The van der Waals surface area contributed by atoms with E-state index in [0.29, 0.717) is 32.6 Å². The molecule has 1 amide bonds. The van der Waals surface area contributed by atoms with Gasteiger partial charge in [0, 0.05) is 48.2 Å². The zero-order valence-electron chi connectivity index (χ0n) is 15.8. The number of carbonyl (C=O) groups is 1. The monoisotopic (exact) mass is 419 g/mol. The molecule has 3 aromatic heterocycles. The maximum Gasteiger partial charge on any atom is 0.258 e. The Balaban J connectivity index is 1.50. The van der Waals surface area contributed by atoms with Crippen molar-refractivity contribution < 1.29 is 4.79 Å². The van der Waals surface area contributed by atoms with Gasteiger partial charge in [-0.05, 0) is 24.3 Å². The third kappa shape index (κ3) is 4.15. The molecule has 4 aromatic rings. The Hall–Kier alpha value is -4.12. The molecule has 5 N–H and O–H groups in total. The van der Waals surface area contributed by atoms with E-state index in [0.717, 1.165) is 11.3 Å². The number of hydrogen-bond donors (Lipinski definition) is 4. The van der Waals surface area contributed by atoms with Crippen molar-refractivity contribution in [2.75, 3.05) is 16.4 Å². The first-order chi connectivity index (χ1) is 14.5. The second kappa shape index (κ2) is 8.09. The molecule has 4 rings (SSSR count). The minimum Gasteiger partial charge on any atom is -0.398 e. The molecule has 1 aromatic carbocycles. The number of pyridine rings is 1. The van der Waals surface area contributed by atoms with Crippen LogP contribution in [0.5, 0.6) is 0 Å². The van der Waals surface area contributed by atoms with Crippen LogP contribution in [0.2, 0.25) is 0 Å². The van der Waals surface area contributed by atoms with E-state index in [4.69, 9.17) is 11.1 Å². The second-order valence-corrected chi connectivity index (χ2v) is 7.32. The standard InChI is InChI=1S/C19H17N9OS/c1-28-10-13(8-23-28)17(29)24-15-5-12(7-22-9-15)18-26-27-19(30-18)25-14-2-3-16(21)11(4-14)6-20/h2-10,20H,21H2,1H3,(H,24,29)(H,25,27). The molecule has 3 heterocycles. The number of rotatable bonds is 6. The predicted molar refractivity (Wildman–Crippen MR) is 116 cm³/mol. The number of aromatic nitrogens is 5. The summed E-state index contributed by atoms with van der Waals surface area (Å²) in [7, 11) is 1.75. The van der Waals surface area contributed by atoms with E-state index in [1.54, 1.807) is 54.6 Å². The fraction of sp³-hybridized carbons (Fsp3) is 0.0526. The van der Waals surface area contributed by atoms with Gasteiger partial charge in [-0.2, -0.15) is 5.10 Å². The Kier molecular flexibility index (Phi) is 5.18. The van der Waals surface area contributed by atoms with Crippen LogP contribution in [-0.2, 0) is 7.05 Å². The number of amides is 1. The number of nitrogens with one attached hydrogen (secondary N) is 3. The van der Waals surface area contributed by atoms with Crippen molar-refractivity contribution >= 4 is 45.7 Å². The van der Waals surface area contributed by atoms with Crippen molar-refractivity contribution in [2.45, 2.75) is 0 Å². The SMILES string of the molecule is Cn1cc(C(=O)Nc2cncc(-c3nnc(Nc4ccc(N)c(C=N)c4)s3)c2)cn1. The Morgan fingerprint density at radius 3 is 2.83 bits per heavy atom. The minimum atomic E-state index is -0.271. The highest BCUT2D eigenvalue weighted by Crippen LogP contribution is 2.30. The van der Waals surface area contributed by atoms with Crippen LogP contribution in [-0.4, -0.2) is 37.1 Å². The molecule has 0 bridgehead atoms. The lowest BCUT2D eigenvalue weighted by Gasteiger charge is -2.05. The highest BCUT2D eigenvalue weighted by Gasteiger charge is 2.12. The lowest BCUT2D eigenvalue weighted by molar-refractivity contribution is 0.102. The summed E-state index contributed by atoms with van der Waals surface area (Å²) in [4.78, 5) is 16.5. The molecule has 30 heavy (non-hydrogen) atoms. The topological polar surface area (TPSA) is 147 Å². The summed E-state index contributed by atoms with van der Waals surface area (Å²) >= 11 is 1.34. The fourth-order valence-corrected chi connectivity index (χ4v) is 3.40. The molecule has 0 unspecified atom stereocenters. The van der Waals surface area contributed by atoms with Gasteiger partial charge in [0.2, 0.25) is 5.13 Å². The Morgan fingerprint density at radius 2 is 2.07 bits per heavy atom. The van der Waals surface area contributed by atoms with Crippen molar-refractivity contribution in [3.05, 3.63) is 60.2 Å². The molecular weight excluding hydrogens is 402 g/mol. The smallest absolute Gasteiger partial charge is 0.258 e. The molecule has 10 nitrogen and oxygen atoms in total. The van der Waals surface area contributed by atoms with Crippen molar-refractivity contribution in [3.63, 3.8) is 0 Å². The van der Waals surface area contributed by atoms with E-state index in [9.17, 15) is 4.79 Å². The molecule has 0 aliphatic heterocycles. The first-order valence-electron chi connectivity index (χ1n) is 8.78. The first kappa shape index (κ1) is 19.2. The van der Waals surface area contributed by atoms with Gasteiger partial charge in [0.1, 0.15) is 0 Å². The number of carbonyl (C=O) groups excluding carboxylic acids is 1. The van der Waals surface area contributed by atoms with Crippen LogP contribution >= 0.6 is 11.3 Å². The average molecular weight is 419 g/mol. The molecule has 0 fully saturated rings. The zero-order chi connectivity index (χ0) is 21.1. The summed E-state index contributed by atoms with van der Waals surface area (Å²) in [6.45, 7) is 0. The number of anilines is 4. The van der Waals surface area contributed by atoms with Gasteiger partial charge in [-0.3, -0.25) is 14.5 Å². The van der Waals surface area contributed by atoms with Crippen LogP contribution in [0, 0.1) is 5.41 Å². The van der Waals surface area contributed by atoms with Crippen molar-refractivity contribution in [1.29, 1.82) is 5.41 Å². The average Bonchev–Trinajstić information content (AvgIpc) is 3.39. The van der Waals surface area contributed by atoms with Crippen LogP contribution in [0.15, 0.2) is 49.1 Å². The third-order valence-corrected chi connectivity index (χ3v) is 5.02. The predicted octanol–water partition coefficient (Wildman–Crippen LogP) is 2.91. The second-order valence-electron chi connectivity index (χ2n) is 6.34. The van der Waals surface area contributed by atoms with E-state index in [-0.39, 0.29) is 5.91 Å². The molecule has 150 valence electrons. The van der Waals surface area contributed by atoms with Crippen LogP contribution in [0.25, 0.3) is 10.6 Å². The van der Waals surface area contributed by atoms with Crippen molar-refractivity contribution in [1.82, 2.24) is 25.0 Å². The summed E-state index contributed by atoms with van der Waals surface area (Å²) in [5.41, 5.74) is 9.44. The van der Waals surface area contributed by atoms with E-state index >= 15 is 0 Å². The van der Waals surface area contributed by atoms with E-state index < -0.39 is 0 Å². The minimum absolute atomic E-state index is 0.271. The van der Waals surface area contributed by atoms with Gasteiger partial charge in [-0.25, -0.2) is 0 Å². The molecule has 0 radical (unpaired) electrons. The molecule has 0 aliphatic rings. The third-order valence-electron chi connectivity index (χ3n) is 4.13. The summed E-state index contributed by atoms with van der Waals surface area (Å²) in [5, 5.41) is 26.9. The lowest BCUT2D eigenvalue weighted by Crippen LogP contribution is -2.11. The van der Waals surface area contributed by atoms with Crippen LogP contribution < -0.4 is 16.4 Å². The number of nitrogens with zero attached hydrogens (tertiary/aromatic N) is 5. The van der Waals surface area contributed by atoms with Gasteiger partial charge in [0.25, 0.3) is 5.91 Å². The maximum absolute atomic E-state index is 12.3. The number of aryl methyl sites for hydroxylation is 1. The Labute approximate surface area is 175 Å². The van der Waals surface area contributed by atoms with Crippen LogP contribution in [0.1, 0.15) is 15.9 Å². The molecule has 0 spiro atoms. The number of benzene rings is 1. The van der Waals surface area contributed by atoms with Gasteiger partial charge in [-0.15, -0.1) is 10.2 Å². The summed E-state index contributed by atoms with van der Waals surface area (Å²) in [6, 6.07) is 7.07. The largest absolute Gasteiger partial charge is 0.398 e. The number of hydrogen-bond acceptors (Lipinski definition) is 9. The highest BCUT2D eigenvalue weighted by molar-refractivity contribution is 7.18. The normalized spacial score (nSPS) is 10.6. The molecule has 11 heteroatoms. The van der Waals surface area contributed by atoms with Crippen LogP contribution in [0.4, 0.5) is 22.2 Å². The van der Waals surface area contributed by atoms with Crippen LogP contribution in [0.3, 0.4) is 0 Å². The molecule has 0 aliphatic carbocycles. The Bertz CT molecular complexity index is 1230. The van der Waals surface area contributed by atoms with Gasteiger partial charge >= 0.3 is 0 Å². The summed E-state index contributed by atoms with van der Waals surface area (Å²) in [5.74, 6) is -0.271. The van der Waals surface area contributed by atoms with Crippen molar-refractivity contribution in [2.24, 2.45) is 7.05 Å². The number of nitrogen functional groups attached to an aromatic ring is 1. The van der Waals surface area contributed by atoms with Gasteiger partial charge in [-0.1, -0.05) is 11.3 Å². The Morgan fingerprint density at radius 1 is 1.20 bits per heavy atom. The fourth-order valence-electron chi connectivity index (χ4n) is 2.66. The van der Waals surface area contributed by atoms with Gasteiger partial charge < -0.3 is 21.8 Å². The quantitative estimate of drug-likeness (QED) is 0.277. The molecular formula is C19H17N9OS. The van der Waals surface area contributed by atoms with E-state index in [1.807, 2.05) is 0 Å². The summed E-state index contributed by atoms with van der Waals surface area (Å²) in [6.07, 6.45) is 7.54. The first-order valence-corrected chi connectivity index (χ1v) is 9.59. The van der Waals surface area contributed by atoms with E-state index in [2.05, 4.69) is 30.9 Å². The maximum atomic E-state index is 12.3. The molecule has 0 saturated heterocycles.